The number of benzene rings is 2. The fraction of sp³-hybridized carbons (Fsp3) is 0.240. The van der Waals surface area contributed by atoms with Gasteiger partial charge in [0.25, 0.3) is 11.5 Å². The summed E-state index contributed by atoms with van der Waals surface area (Å²) < 4.78 is 20.6. The van der Waals surface area contributed by atoms with Gasteiger partial charge in [0.05, 0.1) is 16.8 Å². The first-order valence-corrected chi connectivity index (χ1v) is 11.1. The summed E-state index contributed by atoms with van der Waals surface area (Å²) in [6.45, 7) is 5.75. The summed E-state index contributed by atoms with van der Waals surface area (Å²) in [5.74, 6) is -1.02. The van der Waals surface area contributed by atoms with Crippen LogP contribution in [-0.4, -0.2) is 30.2 Å². The molecular weight excluding hydrogens is 441 g/mol. The van der Waals surface area contributed by atoms with Crippen LogP contribution in [0.3, 0.4) is 0 Å². The molecule has 0 saturated heterocycles. The zero-order chi connectivity index (χ0) is 24.1. The molecular formula is C25H24FN3O3S. The minimum Gasteiger partial charge on any atom is -0.383 e. The monoisotopic (exact) mass is 465 g/mol. The Bertz CT molecular complexity index is 1400. The van der Waals surface area contributed by atoms with Crippen molar-refractivity contribution in [3.05, 3.63) is 84.5 Å². The lowest BCUT2D eigenvalue weighted by molar-refractivity contribution is -0.116. The molecule has 0 aliphatic rings. The van der Waals surface area contributed by atoms with Gasteiger partial charge in [-0.15, -0.1) is 11.3 Å². The first-order valence-electron chi connectivity index (χ1n) is 10.3. The lowest BCUT2D eigenvalue weighted by atomic mass is 10.1. The Hall–Kier alpha value is -3.54. The van der Waals surface area contributed by atoms with Gasteiger partial charge in [0.15, 0.2) is 5.57 Å². The fourth-order valence-electron chi connectivity index (χ4n) is 3.54. The number of halogens is 1. The van der Waals surface area contributed by atoms with Gasteiger partial charge in [-0.3, -0.25) is 14.2 Å². The maximum atomic E-state index is 13.7. The molecule has 1 unspecified atom stereocenters. The highest BCUT2D eigenvalue weighted by molar-refractivity contribution is 7.07. The number of hydrogen-bond acceptors (Lipinski definition) is 5. The molecule has 1 heterocycles. The molecule has 170 valence electrons. The number of ether oxygens (including phenoxy) is 1. The summed E-state index contributed by atoms with van der Waals surface area (Å²) >= 11 is 1.02. The van der Waals surface area contributed by atoms with E-state index in [4.69, 9.17) is 4.74 Å². The number of aryl methyl sites for hydroxylation is 2. The van der Waals surface area contributed by atoms with E-state index in [1.54, 1.807) is 25.1 Å². The lowest BCUT2D eigenvalue weighted by Gasteiger charge is -2.13. The topological polar surface area (TPSA) is 84.1 Å². The summed E-state index contributed by atoms with van der Waals surface area (Å²) in [7, 11) is 1.52. The zero-order valence-electron chi connectivity index (χ0n) is 18.8. The summed E-state index contributed by atoms with van der Waals surface area (Å²) in [5, 5.41) is 12.6. The van der Waals surface area contributed by atoms with Gasteiger partial charge in [0.1, 0.15) is 16.5 Å². The third kappa shape index (κ3) is 5.28. The zero-order valence-corrected chi connectivity index (χ0v) is 19.6. The Morgan fingerprint density at radius 2 is 1.94 bits per heavy atom. The van der Waals surface area contributed by atoms with Crippen molar-refractivity contribution in [1.82, 2.24) is 9.88 Å². The SMILES string of the molecule is COCC(C)NC(=O)C(C#N)=c1sc(=Cc2cccc(F)c2)c(=O)n1-c1c(C)cccc1C. The van der Waals surface area contributed by atoms with E-state index in [2.05, 4.69) is 5.32 Å². The van der Waals surface area contributed by atoms with Crippen LogP contribution in [0.2, 0.25) is 0 Å². The Morgan fingerprint density at radius 1 is 1.27 bits per heavy atom. The average molecular weight is 466 g/mol. The second kappa shape index (κ2) is 10.4. The third-order valence-corrected chi connectivity index (χ3v) is 6.07. The fourth-order valence-corrected chi connectivity index (χ4v) is 4.63. The van der Waals surface area contributed by atoms with Gasteiger partial charge in [-0.25, -0.2) is 4.39 Å². The molecule has 33 heavy (non-hydrogen) atoms. The van der Waals surface area contributed by atoms with E-state index in [-0.39, 0.29) is 33.0 Å². The number of nitriles is 1. The number of thiazole rings is 1. The van der Waals surface area contributed by atoms with E-state index in [0.717, 1.165) is 22.5 Å². The van der Waals surface area contributed by atoms with E-state index < -0.39 is 11.7 Å². The number of nitrogens with zero attached hydrogens (tertiary/aromatic N) is 2. The molecule has 2 aromatic carbocycles. The van der Waals surface area contributed by atoms with Gasteiger partial charge in [0.2, 0.25) is 0 Å². The molecule has 0 aliphatic heterocycles. The van der Waals surface area contributed by atoms with E-state index in [1.807, 2.05) is 38.1 Å². The number of hydrogen-bond donors (Lipinski definition) is 1. The maximum Gasteiger partial charge on any atom is 0.273 e. The van der Waals surface area contributed by atoms with Crippen LogP contribution in [0.15, 0.2) is 47.3 Å². The first kappa shape index (κ1) is 24.1. The molecule has 1 aromatic heterocycles. The highest BCUT2D eigenvalue weighted by Crippen LogP contribution is 2.16. The Labute approximate surface area is 194 Å². The summed E-state index contributed by atoms with van der Waals surface area (Å²) in [6, 6.07) is 13.1. The van der Waals surface area contributed by atoms with Crippen molar-refractivity contribution in [3.8, 4) is 11.8 Å². The number of carbonyl (C=O) groups is 1. The van der Waals surface area contributed by atoms with Crippen molar-refractivity contribution >= 4 is 28.9 Å². The Morgan fingerprint density at radius 3 is 2.55 bits per heavy atom. The van der Waals surface area contributed by atoms with Gasteiger partial charge >= 0.3 is 0 Å². The molecule has 0 radical (unpaired) electrons. The Balaban J connectivity index is 2.37. The number of amides is 1. The number of para-hydroxylation sites is 1. The van der Waals surface area contributed by atoms with Crippen LogP contribution in [0.1, 0.15) is 23.6 Å². The van der Waals surface area contributed by atoms with E-state index in [9.17, 15) is 19.2 Å². The largest absolute Gasteiger partial charge is 0.383 e. The number of aromatic nitrogens is 1. The van der Waals surface area contributed by atoms with E-state index >= 15 is 0 Å². The molecule has 1 N–H and O–H groups in total. The number of carbonyl (C=O) groups excluding carboxylic acids is 1. The second-order valence-electron chi connectivity index (χ2n) is 7.67. The van der Waals surface area contributed by atoms with Crippen molar-refractivity contribution in [1.29, 1.82) is 5.26 Å². The number of nitrogens with one attached hydrogen (secondary N) is 1. The van der Waals surface area contributed by atoms with E-state index in [1.165, 1.54) is 23.8 Å². The number of methoxy groups -OCH3 is 1. The van der Waals surface area contributed by atoms with Crippen molar-refractivity contribution in [2.75, 3.05) is 13.7 Å². The van der Waals surface area contributed by atoms with Gasteiger partial charge in [-0.1, -0.05) is 30.3 Å². The molecule has 6 nitrogen and oxygen atoms in total. The quantitative estimate of drug-likeness (QED) is 0.606. The predicted octanol–water partition coefficient (Wildman–Crippen LogP) is 2.31. The van der Waals surface area contributed by atoms with Crippen LogP contribution in [-0.2, 0) is 9.53 Å². The average Bonchev–Trinajstić information content (AvgIpc) is 3.04. The minimum atomic E-state index is -0.597. The molecule has 0 spiro atoms. The standard InChI is InChI=1S/C25H24FN3O3S/c1-15-7-5-8-16(2)22(15)29-24(31)21(12-18-9-6-10-19(26)11-18)33-25(29)20(13-27)23(30)28-17(3)14-32-4/h5-12,17H,14H2,1-4H3,(H,28,30). The van der Waals surface area contributed by atoms with Gasteiger partial charge in [-0.05, 0) is 55.7 Å². The second-order valence-corrected chi connectivity index (χ2v) is 8.70. The summed E-state index contributed by atoms with van der Waals surface area (Å²) in [4.78, 5) is 26.5. The van der Waals surface area contributed by atoms with Gasteiger partial charge in [-0.2, -0.15) is 5.26 Å². The lowest BCUT2D eigenvalue weighted by Crippen LogP contribution is -2.39. The molecule has 1 atom stereocenters. The summed E-state index contributed by atoms with van der Waals surface area (Å²) in [6.07, 6.45) is 1.56. The first-order chi connectivity index (χ1) is 15.8. The van der Waals surface area contributed by atoms with Gasteiger partial charge < -0.3 is 10.1 Å². The van der Waals surface area contributed by atoms with Crippen LogP contribution in [0, 0.1) is 31.0 Å². The van der Waals surface area contributed by atoms with Crippen molar-refractivity contribution in [2.45, 2.75) is 26.8 Å². The van der Waals surface area contributed by atoms with Crippen molar-refractivity contribution in [2.24, 2.45) is 0 Å². The maximum absolute atomic E-state index is 13.7. The molecule has 8 heteroatoms. The highest BCUT2D eigenvalue weighted by atomic mass is 32.1. The molecule has 0 bridgehead atoms. The van der Waals surface area contributed by atoms with Crippen molar-refractivity contribution < 1.29 is 13.9 Å². The normalized spacial score (nSPS) is 13.4. The summed E-state index contributed by atoms with van der Waals surface area (Å²) in [5.41, 5.74) is 2.19. The highest BCUT2D eigenvalue weighted by Gasteiger charge is 2.20. The molecule has 0 saturated carbocycles. The third-order valence-electron chi connectivity index (χ3n) is 4.98. The Kier molecular flexibility index (Phi) is 7.59. The smallest absolute Gasteiger partial charge is 0.273 e. The molecule has 0 fully saturated rings. The van der Waals surface area contributed by atoms with Crippen LogP contribution < -0.4 is 20.1 Å². The minimum absolute atomic E-state index is 0.179. The molecule has 0 aliphatic carbocycles. The van der Waals surface area contributed by atoms with Crippen LogP contribution in [0.5, 0.6) is 0 Å². The van der Waals surface area contributed by atoms with Crippen molar-refractivity contribution in [3.63, 3.8) is 0 Å². The van der Waals surface area contributed by atoms with E-state index in [0.29, 0.717) is 11.3 Å². The van der Waals surface area contributed by atoms with Crippen LogP contribution >= 0.6 is 11.3 Å². The van der Waals surface area contributed by atoms with Crippen LogP contribution in [0.4, 0.5) is 4.39 Å². The molecule has 3 rings (SSSR count). The molecule has 1 amide bonds. The predicted molar refractivity (Wildman–Crippen MR) is 127 cm³/mol. The van der Waals surface area contributed by atoms with Crippen LogP contribution in [0.25, 0.3) is 17.3 Å². The number of rotatable bonds is 6. The molecule has 3 aromatic rings. The van der Waals surface area contributed by atoms with Gasteiger partial charge in [0, 0.05) is 13.2 Å².